The highest BCUT2D eigenvalue weighted by Crippen LogP contribution is 2.23. The molecule has 0 aromatic carbocycles. The van der Waals surface area contributed by atoms with Gasteiger partial charge in [-0.15, -0.1) is 0 Å². The van der Waals surface area contributed by atoms with Crippen LogP contribution in [0.25, 0.3) is 0 Å². The molecule has 0 saturated heterocycles. The van der Waals surface area contributed by atoms with Crippen molar-refractivity contribution in [1.82, 2.24) is 9.78 Å². The number of hydrogen-bond donors (Lipinski definition) is 0. The summed E-state index contributed by atoms with van der Waals surface area (Å²) < 4.78 is 23.9. The molecule has 0 radical (unpaired) electrons. The lowest BCUT2D eigenvalue weighted by molar-refractivity contribution is 0.325. The molecule has 6 heteroatoms. The molecule has 0 fully saturated rings. The minimum Gasteiger partial charge on any atom is -0.247 e. The van der Waals surface area contributed by atoms with Crippen LogP contribution in [-0.2, 0) is 14.6 Å². The van der Waals surface area contributed by atoms with Crippen molar-refractivity contribution in [3.8, 4) is 0 Å². The van der Waals surface area contributed by atoms with E-state index in [0.29, 0.717) is 5.69 Å². The Hall–Kier alpha value is -0.550. The van der Waals surface area contributed by atoms with E-state index >= 15 is 0 Å². The van der Waals surface area contributed by atoms with Gasteiger partial charge in [-0.05, 0) is 33.8 Å². The first-order chi connectivity index (χ1) is 6.12. The SMILES string of the molecule is Cc1cc(S(=O)(=O)Cl)n(C(C)(C)C)n1. The lowest BCUT2D eigenvalue weighted by atomic mass is 10.1. The summed E-state index contributed by atoms with van der Waals surface area (Å²) in [7, 11) is 1.57. The zero-order chi connectivity index (χ0) is 11.1. The number of nitrogens with zero attached hydrogens (tertiary/aromatic N) is 2. The second-order valence-corrected chi connectivity index (χ2v) is 6.66. The third kappa shape index (κ3) is 2.27. The van der Waals surface area contributed by atoms with Crippen LogP contribution < -0.4 is 0 Å². The van der Waals surface area contributed by atoms with E-state index in [1.165, 1.54) is 10.7 Å². The number of rotatable bonds is 1. The number of hydrogen-bond acceptors (Lipinski definition) is 3. The minimum atomic E-state index is -3.72. The topological polar surface area (TPSA) is 52.0 Å². The highest BCUT2D eigenvalue weighted by molar-refractivity contribution is 8.13. The number of aromatic nitrogens is 2. The molecular formula is C8H13ClN2O2S. The van der Waals surface area contributed by atoms with Crippen LogP contribution in [0.5, 0.6) is 0 Å². The van der Waals surface area contributed by atoms with Gasteiger partial charge in [-0.3, -0.25) is 0 Å². The van der Waals surface area contributed by atoms with Gasteiger partial charge in [0.2, 0.25) is 0 Å². The monoisotopic (exact) mass is 236 g/mol. The summed E-state index contributed by atoms with van der Waals surface area (Å²) in [6, 6.07) is 1.47. The first kappa shape index (κ1) is 11.5. The molecule has 1 rings (SSSR count). The van der Waals surface area contributed by atoms with Gasteiger partial charge in [0.15, 0.2) is 5.03 Å². The molecule has 80 valence electrons. The Kier molecular flexibility index (Phi) is 2.67. The Balaban J connectivity index is 3.46. The second kappa shape index (κ2) is 3.24. The maximum atomic E-state index is 11.2. The molecule has 0 spiro atoms. The van der Waals surface area contributed by atoms with Gasteiger partial charge in [0, 0.05) is 10.7 Å². The molecule has 1 aromatic rings. The fourth-order valence-corrected chi connectivity index (χ4v) is 2.29. The molecule has 14 heavy (non-hydrogen) atoms. The molecule has 0 N–H and O–H groups in total. The lowest BCUT2D eigenvalue weighted by Crippen LogP contribution is -2.25. The van der Waals surface area contributed by atoms with Crippen LogP contribution in [0.4, 0.5) is 0 Å². The van der Waals surface area contributed by atoms with Gasteiger partial charge in [-0.1, -0.05) is 0 Å². The van der Waals surface area contributed by atoms with Gasteiger partial charge in [0.05, 0.1) is 11.2 Å². The van der Waals surface area contributed by atoms with E-state index in [1.807, 2.05) is 20.8 Å². The van der Waals surface area contributed by atoms with E-state index in [4.69, 9.17) is 10.7 Å². The molecule has 0 saturated carbocycles. The predicted octanol–water partition coefficient (Wildman–Crippen LogP) is 1.87. The standard InChI is InChI=1S/C8H13ClN2O2S/c1-6-5-7(14(9,12)13)11(10-6)8(2,3)4/h5H,1-4H3. The van der Waals surface area contributed by atoms with Crippen LogP contribution in [0.2, 0.25) is 0 Å². The zero-order valence-corrected chi connectivity index (χ0v) is 10.1. The van der Waals surface area contributed by atoms with Gasteiger partial charge in [0.1, 0.15) is 0 Å². The molecular weight excluding hydrogens is 224 g/mol. The third-order valence-corrected chi connectivity index (χ3v) is 2.95. The quantitative estimate of drug-likeness (QED) is 0.700. The summed E-state index contributed by atoms with van der Waals surface area (Å²) >= 11 is 0. The molecule has 4 nitrogen and oxygen atoms in total. The Morgan fingerprint density at radius 2 is 1.93 bits per heavy atom. The first-order valence-electron chi connectivity index (χ1n) is 4.14. The fourth-order valence-electron chi connectivity index (χ4n) is 1.13. The van der Waals surface area contributed by atoms with Crippen molar-refractivity contribution < 1.29 is 8.42 Å². The molecule has 0 aliphatic rings. The van der Waals surface area contributed by atoms with Crippen LogP contribution >= 0.6 is 10.7 Å². The van der Waals surface area contributed by atoms with E-state index in [1.54, 1.807) is 6.92 Å². The summed E-state index contributed by atoms with van der Waals surface area (Å²) in [5.74, 6) is 0. The van der Waals surface area contributed by atoms with Crippen LogP contribution in [-0.4, -0.2) is 18.2 Å². The van der Waals surface area contributed by atoms with Crippen molar-refractivity contribution >= 4 is 19.7 Å². The Morgan fingerprint density at radius 1 is 1.43 bits per heavy atom. The highest BCUT2D eigenvalue weighted by atomic mass is 35.7. The predicted molar refractivity (Wildman–Crippen MR) is 55.0 cm³/mol. The van der Waals surface area contributed by atoms with Crippen molar-refractivity contribution in [1.29, 1.82) is 0 Å². The zero-order valence-electron chi connectivity index (χ0n) is 8.57. The molecule has 0 bridgehead atoms. The largest absolute Gasteiger partial charge is 0.278 e. The average Bonchev–Trinajstić information content (AvgIpc) is 2.27. The van der Waals surface area contributed by atoms with Crippen LogP contribution in [0.15, 0.2) is 11.1 Å². The second-order valence-electron chi connectivity index (χ2n) is 4.14. The third-order valence-electron chi connectivity index (χ3n) is 1.68. The van der Waals surface area contributed by atoms with E-state index in [0.717, 1.165) is 0 Å². The summed E-state index contributed by atoms with van der Waals surface area (Å²) in [5, 5.41) is 4.15. The van der Waals surface area contributed by atoms with Crippen LogP contribution in [0.1, 0.15) is 26.5 Å². The van der Waals surface area contributed by atoms with Gasteiger partial charge in [-0.2, -0.15) is 5.10 Å². The number of halogens is 1. The Morgan fingerprint density at radius 3 is 2.21 bits per heavy atom. The van der Waals surface area contributed by atoms with Crippen LogP contribution in [0, 0.1) is 6.92 Å². The van der Waals surface area contributed by atoms with E-state index in [2.05, 4.69) is 5.10 Å². The lowest BCUT2D eigenvalue weighted by Gasteiger charge is -2.20. The molecule has 0 amide bonds. The van der Waals surface area contributed by atoms with E-state index in [9.17, 15) is 8.42 Å². The van der Waals surface area contributed by atoms with Gasteiger partial charge < -0.3 is 0 Å². The maximum absolute atomic E-state index is 11.2. The average molecular weight is 237 g/mol. The molecule has 0 aliphatic carbocycles. The van der Waals surface area contributed by atoms with Crippen molar-refractivity contribution in [3.63, 3.8) is 0 Å². The van der Waals surface area contributed by atoms with E-state index < -0.39 is 14.6 Å². The first-order valence-corrected chi connectivity index (χ1v) is 6.45. The van der Waals surface area contributed by atoms with Crippen molar-refractivity contribution in [2.75, 3.05) is 0 Å². The van der Waals surface area contributed by atoms with Crippen molar-refractivity contribution in [3.05, 3.63) is 11.8 Å². The summed E-state index contributed by atoms with van der Waals surface area (Å²) in [5.41, 5.74) is 0.241. The van der Waals surface area contributed by atoms with E-state index in [-0.39, 0.29) is 5.03 Å². The molecule has 1 heterocycles. The number of aryl methyl sites for hydroxylation is 1. The molecule has 0 atom stereocenters. The normalized spacial score (nSPS) is 13.2. The van der Waals surface area contributed by atoms with Gasteiger partial charge >= 0.3 is 0 Å². The maximum Gasteiger partial charge on any atom is 0.278 e. The molecule has 0 aliphatic heterocycles. The van der Waals surface area contributed by atoms with Crippen molar-refractivity contribution in [2.24, 2.45) is 0 Å². The van der Waals surface area contributed by atoms with Gasteiger partial charge in [0.25, 0.3) is 9.05 Å². The fraction of sp³-hybridized carbons (Fsp3) is 0.625. The summed E-state index contributed by atoms with van der Waals surface area (Å²) in [4.78, 5) is 0. The van der Waals surface area contributed by atoms with Gasteiger partial charge in [-0.25, -0.2) is 13.1 Å². The summed E-state index contributed by atoms with van der Waals surface area (Å²) in [6.45, 7) is 7.33. The summed E-state index contributed by atoms with van der Waals surface area (Å²) in [6.07, 6.45) is 0. The Labute approximate surface area is 88.3 Å². The highest BCUT2D eigenvalue weighted by Gasteiger charge is 2.25. The molecule has 1 aromatic heterocycles. The van der Waals surface area contributed by atoms with Crippen LogP contribution in [0.3, 0.4) is 0 Å². The minimum absolute atomic E-state index is 0.0455. The Bertz CT molecular complexity index is 442. The molecule has 0 unspecified atom stereocenters. The van der Waals surface area contributed by atoms with Crippen molar-refractivity contribution in [2.45, 2.75) is 38.3 Å². The smallest absolute Gasteiger partial charge is 0.247 e.